The van der Waals surface area contributed by atoms with Gasteiger partial charge in [-0.3, -0.25) is 4.79 Å². The summed E-state index contributed by atoms with van der Waals surface area (Å²) in [6, 6.07) is 4.91. The lowest BCUT2D eigenvalue weighted by Crippen LogP contribution is -2.41. The van der Waals surface area contributed by atoms with E-state index in [1.165, 1.54) is 12.8 Å². The summed E-state index contributed by atoms with van der Waals surface area (Å²) >= 11 is 3.24. The summed E-state index contributed by atoms with van der Waals surface area (Å²) in [5, 5.41) is 4.93. The SMILES string of the molecule is CC(C1CC1)N(C(=O)c1csc(-c2cccs2)n1)C1CC1. The van der Waals surface area contributed by atoms with Gasteiger partial charge in [-0.1, -0.05) is 6.07 Å². The van der Waals surface area contributed by atoms with Crippen LogP contribution in [0.5, 0.6) is 0 Å². The van der Waals surface area contributed by atoms with Crippen LogP contribution in [0.1, 0.15) is 43.1 Å². The van der Waals surface area contributed by atoms with Gasteiger partial charge >= 0.3 is 0 Å². The molecular weight excluding hydrogens is 300 g/mol. The van der Waals surface area contributed by atoms with Crippen molar-refractivity contribution in [1.82, 2.24) is 9.88 Å². The molecule has 2 aliphatic carbocycles. The lowest BCUT2D eigenvalue weighted by atomic mass is 10.1. The summed E-state index contributed by atoms with van der Waals surface area (Å²) in [4.78, 5) is 20.7. The van der Waals surface area contributed by atoms with Crippen LogP contribution in [0.4, 0.5) is 0 Å². The van der Waals surface area contributed by atoms with E-state index in [0.29, 0.717) is 23.7 Å². The zero-order valence-electron chi connectivity index (χ0n) is 12.0. The minimum absolute atomic E-state index is 0.135. The molecule has 110 valence electrons. The third kappa shape index (κ3) is 2.64. The van der Waals surface area contributed by atoms with Crippen LogP contribution in [-0.2, 0) is 0 Å². The van der Waals surface area contributed by atoms with Gasteiger partial charge in [-0.25, -0.2) is 4.98 Å². The van der Waals surface area contributed by atoms with Crippen molar-refractivity contribution >= 4 is 28.6 Å². The van der Waals surface area contributed by atoms with E-state index in [2.05, 4.69) is 22.9 Å². The van der Waals surface area contributed by atoms with E-state index in [1.54, 1.807) is 22.7 Å². The summed E-state index contributed by atoms with van der Waals surface area (Å²) in [5.41, 5.74) is 0.628. The van der Waals surface area contributed by atoms with Gasteiger partial charge < -0.3 is 4.90 Å². The predicted octanol–water partition coefficient (Wildman–Crippen LogP) is 4.27. The van der Waals surface area contributed by atoms with Gasteiger partial charge in [0.2, 0.25) is 0 Å². The van der Waals surface area contributed by atoms with E-state index in [9.17, 15) is 4.79 Å². The third-order valence-electron chi connectivity index (χ3n) is 4.37. The number of carbonyl (C=O) groups is 1. The molecule has 1 amide bonds. The van der Waals surface area contributed by atoms with Gasteiger partial charge in [-0.05, 0) is 50.0 Å². The first-order valence-electron chi connectivity index (χ1n) is 7.56. The largest absolute Gasteiger partial charge is 0.331 e. The Kier molecular flexibility index (Phi) is 3.34. The van der Waals surface area contributed by atoms with Gasteiger partial charge in [0, 0.05) is 17.5 Å². The molecule has 0 spiro atoms. The van der Waals surface area contributed by atoms with Crippen molar-refractivity contribution in [2.24, 2.45) is 5.92 Å². The van der Waals surface area contributed by atoms with E-state index in [0.717, 1.165) is 22.7 Å². The number of aromatic nitrogens is 1. The molecule has 2 aliphatic rings. The standard InChI is InChI=1S/C16H18N2OS2/c1-10(11-4-5-11)18(12-6-7-12)16(19)13-9-21-15(17-13)14-3-2-8-20-14/h2-3,8-12H,4-7H2,1H3. The van der Waals surface area contributed by atoms with E-state index < -0.39 is 0 Å². The molecule has 3 nitrogen and oxygen atoms in total. The summed E-state index contributed by atoms with van der Waals surface area (Å²) < 4.78 is 0. The van der Waals surface area contributed by atoms with Crippen LogP contribution in [0, 0.1) is 5.92 Å². The Morgan fingerprint density at radius 2 is 2.14 bits per heavy atom. The molecule has 2 fully saturated rings. The molecule has 0 aromatic carbocycles. The van der Waals surface area contributed by atoms with Crippen LogP contribution in [0.15, 0.2) is 22.9 Å². The molecule has 1 unspecified atom stereocenters. The zero-order valence-corrected chi connectivity index (χ0v) is 13.6. The average Bonchev–Trinajstić information content (AvgIpc) is 3.39. The molecule has 2 heterocycles. The molecular formula is C16H18N2OS2. The van der Waals surface area contributed by atoms with Crippen LogP contribution < -0.4 is 0 Å². The van der Waals surface area contributed by atoms with Crippen LogP contribution in [0.2, 0.25) is 0 Å². The Morgan fingerprint density at radius 1 is 1.33 bits per heavy atom. The second-order valence-corrected chi connectivity index (χ2v) is 7.84. The molecule has 21 heavy (non-hydrogen) atoms. The van der Waals surface area contributed by atoms with Crippen molar-refractivity contribution in [3.05, 3.63) is 28.6 Å². The number of thiazole rings is 1. The Hall–Kier alpha value is -1.20. The quantitative estimate of drug-likeness (QED) is 0.824. The van der Waals surface area contributed by atoms with Crippen molar-refractivity contribution in [3.8, 4) is 9.88 Å². The van der Waals surface area contributed by atoms with Crippen molar-refractivity contribution in [3.63, 3.8) is 0 Å². The van der Waals surface area contributed by atoms with Crippen LogP contribution >= 0.6 is 22.7 Å². The maximum absolute atomic E-state index is 12.9. The summed E-state index contributed by atoms with van der Waals surface area (Å²) in [6.45, 7) is 2.21. The maximum atomic E-state index is 12.9. The van der Waals surface area contributed by atoms with Crippen LogP contribution in [-0.4, -0.2) is 27.9 Å². The van der Waals surface area contributed by atoms with E-state index in [1.807, 2.05) is 16.8 Å². The van der Waals surface area contributed by atoms with Gasteiger partial charge in [0.1, 0.15) is 10.7 Å². The molecule has 2 saturated carbocycles. The lowest BCUT2D eigenvalue weighted by molar-refractivity contribution is 0.0649. The monoisotopic (exact) mass is 318 g/mol. The predicted molar refractivity (Wildman–Crippen MR) is 86.8 cm³/mol. The number of carbonyl (C=O) groups excluding carboxylic acids is 1. The molecule has 5 heteroatoms. The van der Waals surface area contributed by atoms with Crippen molar-refractivity contribution in [2.75, 3.05) is 0 Å². The first kappa shape index (κ1) is 13.5. The fraction of sp³-hybridized carbons (Fsp3) is 0.500. The molecule has 4 rings (SSSR count). The highest BCUT2D eigenvalue weighted by Crippen LogP contribution is 2.40. The molecule has 0 aliphatic heterocycles. The summed E-state index contributed by atoms with van der Waals surface area (Å²) in [7, 11) is 0. The first-order valence-corrected chi connectivity index (χ1v) is 9.32. The smallest absolute Gasteiger partial charge is 0.273 e. The number of hydrogen-bond acceptors (Lipinski definition) is 4. The van der Waals surface area contributed by atoms with E-state index >= 15 is 0 Å². The lowest BCUT2D eigenvalue weighted by Gasteiger charge is -2.28. The maximum Gasteiger partial charge on any atom is 0.273 e. The normalized spacial score (nSPS) is 19.5. The Labute approximate surface area is 132 Å². The zero-order chi connectivity index (χ0) is 14.4. The fourth-order valence-corrected chi connectivity index (χ4v) is 4.47. The van der Waals surface area contributed by atoms with Crippen LogP contribution in [0.25, 0.3) is 9.88 Å². The van der Waals surface area contributed by atoms with Crippen molar-refractivity contribution < 1.29 is 4.79 Å². The van der Waals surface area contributed by atoms with Crippen LogP contribution in [0.3, 0.4) is 0 Å². The molecule has 0 bridgehead atoms. The van der Waals surface area contributed by atoms with Gasteiger partial charge in [0.15, 0.2) is 0 Å². The molecule has 2 aromatic rings. The van der Waals surface area contributed by atoms with E-state index in [-0.39, 0.29) is 5.91 Å². The second-order valence-electron chi connectivity index (χ2n) is 6.04. The summed E-state index contributed by atoms with van der Waals surface area (Å²) in [5.74, 6) is 0.848. The topological polar surface area (TPSA) is 33.2 Å². The number of hydrogen-bond donors (Lipinski definition) is 0. The van der Waals surface area contributed by atoms with Gasteiger partial charge in [-0.2, -0.15) is 0 Å². The average molecular weight is 318 g/mol. The van der Waals surface area contributed by atoms with Crippen molar-refractivity contribution in [1.29, 1.82) is 0 Å². The summed E-state index contributed by atoms with van der Waals surface area (Å²) in [6.07, 6.45) is 4.86. The number of amides is 1. The second kappa shape index (κ2) is 5.21. The molecule has 2 aromatic heterocycles. The van der Waals surface area contributed by atoms with Gasteiger partial charge in [0.05, 0.1) is 4.88 Å². The highest BCUT2D eigenvalue weighted by Gasteiger charge is 2.42. The van der Waals surface area contributed by atoms with Gasteiger partial charge in [-0.15, -0.1) is 22.7 Å². The molecule has 1 atom stereocenters. The third-order valence-corrected chi connectivity index (χ3v) is 6.25. The molecule has 0 radical (unpaired) electrons. The first-order chi connectivity index (χ1) is 10.2. The molecule has 0 N–H and O–H groups in total. The highest BCUT2D eigenvalue weighted by molar-refractivity contribution is 7.20. The number of thiophene rings is 1. The highest BCUT2D eigenvalue weighted by atomic mass is 32.1. The Morgan fingerprint density at radius 3 is 2.76 bits per heavy atom. The Bertz CT molecular complexity index is 641. The van der Waals surface area contributed by atoms with Crippen molar-refractivity contribution in [2.45, 2.75) is 44.7 Å². The minimum Gasteiger partial charge on any atom is -0.331 e. The van der Waals surface area contributed by atoms with Gasteiger partial charge in [0.25, 0.3) is 5.91 Å². The minimum atomic E-state index is 0.135. The number of nitrogens with zero attached hydrogens (tertiary/aromatic N) is 2. The number of rotatable bonds is 5. The molecule has 0 saturated heterocycles. The fourth-order valence-electron chi connectivity index (χ4n) is 2.86. The Balaban J connectivity index is 1.58. The van der Waals surface area contributed by atoms with E-state index in [4.69, 9.17) is 0 Å².